The number of ether oxygens (including phenoxy) is 1. The summed E-state index contributed by atoms with van der Waals surface area (Å²) in [7, 11) is 1.59. The summed E-state index contributed by atoms with van der Waals surface area (Å²) in [6, 6.07) is 9.36. The highest BCUT2D eigenvalue weighted by atomic mass is 16.5. The molecule has 1 aliphatic carbocycles. The Morgan fingerprint density at radius 2 is 1.70 bits per heavy atom. The number of amides is 1. The van der Waals surface area contributed by atoms with E-state index in [-0.39, 0.29) is 5.91 Å². The van der Waals surface area contributed by atoms with Gasteiger partial charge in [0.2, 0.25) is 0 Å². The summed E-state index contributed by atoms with van der Waals surface area (Å²) in [5.41, 5.74) is -0.724. The number of methoxy groups -OCH3 is 1. The van der Waals surface area contributed by atoms with Crippen LogP contribution >= 0.6 is 0 Å². The lowest BCUT2D eigenvalue weighted by atomic mass is 9.72. The number of rotatable bonds is 4. The minimum absolute atomic E-state index is 0.0262. The van der Waals surface area contributed by atoms with Crippen LogP contribution in [0.3, 0.4) is 0 Å². The second kappa shape index (κ2) is 5.96. The van der Waals surface area contributed by atoms with E-state index in [0.29, 0.717) is 25.9 Å². The molecule has 1 saturated carbocycles. The third-order valence-corrected chi connectivity index (χ3v) is 5.58. The molecule has 23 heavy (non-hydrogen) atoms. The summed E-state index contributed by atoms with van der Waals surface area (Å²) in [5.74, 6) is -0.779. The first-order chi connectivity index (χ1) is 11.0. The van der Waals surface area contributed by atoms with Crippen molar-refractivity contribution < 1.29 is 19.4 Å². The Morgan fingerprint density at radius 3 is 2.13 bits per heavy atom. The zero-order valence-corrected chi connectivity index (χ0v) is 13.5. The Hall–Kier alpha value is -1.88. The molecule has 0 radical (unpaired) electrons. The van der Waals surface area contributed by atoms with Crippen LogP contribution in [0.5, 0.6) is 0 Å². The molecule has 2 fully saturated rings. The number of benzene rings is 1. The molecule has 1 heterocycles. The molecule has 1 aliphatic heterocycles. The van der Waals surface area contributed by atoms with E-state index in [9.17, 15) is 14.7 Å². The average molecular weight is 317 g/mol. The first-order valence-electron chi connectivity index (χ1n) is 8.18. The maximum absolute atomic E-state index is 12.7. The second-order valence-electron chi connectivity index (χ2n) is 6.60. The van der Waals surface area contributed by atoms with Gasteiger partial charge in [-0.05, 0) is 37.7 Å². The number of nitrogens with zero attached hydrogens (tertiary/aromatic N) is 1. The van der Waals surface area contributed by atoms with Crippen molar-refractivity contribution in [2.24, 2.45) is 0 Å². The molecule has 1 N–H and O–H groups in total. The molecular formula is C18H23NO4. The summed E-state index contributed by atoms with van der Waals surface area (Å²) in [5, 5.41) is 9.80. The van der Waals surface area contributed by atoms with E-state index in [0.717, 1.165) is 24.8 Å². The summed E-state index contributed by atoms with van der Waals surface area (Å²) < 4.78 is 5.47. The van der Waals surface area contributed by atoms with Crippen LogP contribution < -0.4 is 0 Å². The number of likely N-dealkylation sites (tertiary alicyclic amines) is 1. The van der Waals surface area contributed by atoms with Gasteiger partial charge in [0.15, 0.2) is 0 Å². The predicted octanol–water partition coefficient (Wildman–Crippen LogP) is 2.20. The van der Waals surface area contributed by atoms with E-state index in [2.05, 4.69) is 0 Å². The van der Waals surface area contributed by atoms with Crippen LogP contribution in [-0.2, 0) is 19.7 Å². The largest absolute Gasteiger partial charge is 0.481 e. The zero-order valence-electron chi connectivity index (χ0n) is 13.5. The van der Waals surface area contributed by atoms with Gasteiger partial charge < -0.3 is 14.7 Å². The van der Waals surface area contributed by atoms with E-state index < -0.39 is 17.0 Å². The molecule has 2 aliphatic rings. The van der Waals surface area contributed by atoms with Crippen molar-refractivity contribution in [3.05, 3.63) is 35.9 Å². The Kier molecular flexibility index (Phi) is 4.15. The summed E-state index contributed by atoms with van der Waals surface area (Å²) in [6.45, 7) is 0.927. The Bertz CT molecular complexity index is 581. The fraction of sp³-hybridized carbons (Fsp3) is 0.556. The smallest absolute Gasteiger partial charge is 0.314 e. The quantitative estimate of drug-likeness (QED) is 0.924. The lowest BCUT2D eigenvalue weighted by molar-refractivity contribution is -0.169. The van der Waals surface area contributed by atoms with Gasteiger partial charge in [0.1, 0.15) is 5.60 Å². The van der Waals surface area contributed by atoms with Crippen LogP contribution in [0.1, 0.15) is 37.7 Å². The van der Waals surface area contributed by atoms with Crippen molar-refractivity contribution in [1.82, 2.24) is 4.90 Å². The van der Waals surface area contributed by atoms with Crippen molar-refractivity contribution in [3.8, 4) is 0 Å². The number of aliphatic carboxylic acids is 1. The van der Waals surface area contributed by atoms with Crippen molar-refractivity contribution in [1.29, 1.82) is 0 Å². The molecule has 5 nitrogen and oxygen atoms in total. The number of carboxylic acids is 1. The predicted molar refractivity (Wildman–Crippen MR) is 85.2 cm³/mol. The number of hydrogen-bond donors (Lipinski definition) is 1. The molecule has 1 saturated heterocycles. The van der Waals surface area contributed by atoms with E-state index >= 15 is 0 Å². The zero-order chi connectivity index (χ0) is 16.5. The van der Waals surface area contributed by atoms with Gasteiger partial charge in [-0.3, -0.25) is 9.59 Å². The van der Waals surface area contributed by atoms with Crippen molar-refractivity contribution in [2.75, 3.05) is 20.2 Å². The first kappa shape index (κ1) is 16.0. The molecular weight excluding hydrogens is 294 g/mol. The Labute approximate surface area is 136 Å². The third-order valence-electron chi connectivity index (χ3n) is 5.58. The fourth-order valence-corrected chi connectivity index (χ4v) is 3.77. The van der Waals surface area contributed by atoms with Gasteiger partial charge >= 0.3 is 5.97 Å². The second-order valence-corrected chi connectivity index (χ2v) is 6.60. The highest BCUT2D eigenvalue weighted by Crippen LogP contribution is 2.40. The first-order valence-corrected chi connectivity index (χ1v) is 8.18. The maximum atomic E-state index is 12.7. The Balaban J connectivity index is 1.76. The fourth-order valence-electron chi connectivity index (χ4n) is 3.77. The lowest BCUT2D eigenvalue weighted by Crippen LogP contribution is -2.58. The molecule has 0 bridgehead atoms. The summed E-state index contributed by atoms with van der Waals surface area (Å²) in [4.78, 5) is 26.4. The van der Waals surface area contributed by atoms with Gasteiger partial charge in [0, 0.05) is 20.2 Å². The van der Waals surface area contributed by atoms with Crippen LogP contribution in [-0.4, -0.2) is 47.7 Å². The highest BCUT2D eigenvalue weighted by molar-refractivity contribution is 5.87. The van der Waals surface area contributed by atoms with Crippen molar-refractivity contribution >= 4 is 11.9 Å². The minimum atomic E-state index is -0.891. The molecule has 1 aromatic carbocycles. The van der Waals surface area contributed by atoms with E-state index in [1.165, 1.54) is 0 Å². The van der Waals surface area contributed by atoms with Crippen LogP contribution in [0, 0.1) is 0 Å². The average Bonchev–Trinajstić information content (AvgIpc) is 2.55. The van der Waals surface area contributed by atoms with Gasteiger partial charge in [0.05, 0.1) is 5.41 Å². The molecule has 1 aromatic rings. The molecule has 0 spiro atoms. The molecule has 124 valence electrons. The van der Waals surface area contributed by atoms with E-state index in [1.54, 1.807) is 12.0 Å². The normalized spacial score (nSPS) is 22.2. The van der Waals surface area contributed by atoms with Gasteiger partial charge in [0.25, 0.3) is 5.91 Å². The maximum Gasteiger partial charge on any atom is 0.314 e. The third kappa shape index (κ3) is 2.53. The molecule has 0 unspecified atom stereocenters. The van der Waals surface area contributed by atoms with Crippen LogP contribution in [0.4, 0.5) is 0 Å². The van der Waals surface area contributed by atoms with Gasteiger partial charge in [-0.1, -0.05) is 30.3 Å². The summed E-state index contributed by atoms with van der Waals surface area (Å²) >= 11 is 0. The van der Waals surface area contributed by atoms with Crippen LogP contribution in [0.2, 0.25) is 0 Å². The standard InChI is InChI=1S/C18H23NO4/c1-23-18(8-5-9-18)15(20)19-12-10-17(11-13-19,16(21)22)14-6-3-2-4-7-14/h2-4,6-7H,5,8-13H2,1H3,(H,21,22). The summed E-state index contributed by atoms with van der Waals surface area (Å²) in [6.07, 6.45) is 3.43. The number of carboxylic acid groups (broad SMARTS) is 1. The number of hydrogen-bond acceptors (Lipinski definition) is 3. The minimum Gasteiger partial charge on any atom is -0.481 e. The molecule has 3 rings (SSSR count). The monoisotopic (exact) mass is 317 g/mol. The van der Waals surface area contributed by atoms with Crippen LogP contribution in [0.25, 0.3) is 0 Å². The van der Waals surface area contributed by atoms with E-state index in [1.807, 2.05) is 30.3 Å². The number of carbonyl (C=O) groups excluding carboxylic acids is 1. The molecule has 5 heteroatoms. The molecule has 1 amide bonds. The van der Waals surface area contributed by atoms with Gasteiger partial charge in [-0.2, -0.15) is 0 Å². The number of carbonyl (C=O) groups is 2. The molecule has 0 atom stereocenters. The highest BCUT2D eigenvalue weighted by Gasteiger charge is 2.50. The van der Waals surface area contributed by atoms with Crippen molar-refractivity contribution in [3.63, 3.8) is 0 Å². The van der Waals surface area contributed by atoms with Gasteiger partial charge in [-0.15, -0.1) is 0 Å². The lowest BCUT2D eigenvalue weighted by Gasteiger charge is -2.46. The SMILES string of the molecule is COC1(C(=O)N2CCC(C(=O)O)(c3ccccc3)CC2)CCC1. The van der Waals surface area contributed by atoms with E-state index in [4.69, 9.17) is 4.74 Å². The topological polar surface area (TPSA) is 66.8 Å². The van der Waals surface area contributed by atoms with Crippen LogP contribution in [0.15, 0.2) is 30.3 Å². The van der Waals surface area contributed by atoms with Crippen molar-refractivity contribution in [2.45, 2.75) is 43.1 Å². The Morgan fingerprint density at radius 1 is 1.09 bits per heavy atom. The van der Waals surface area contributed by atoms with Gasteiger partial charge in [-0.25, -0.2) is 0 Å². The number of piperidine rings is 1. The molecule has 0 aromatic heterocycles.